The van der Waals surface area contributed by atoms with E-state index in [1.54, 1.807) is 0 Å². The van der Waals surface area contributed by atoms with Crippen LogP contribution in [-0.2, 0) is 21.3 Å². The van der Waals surface area contributed by atoms with Crippen LogP contribution in [0.3, 0.4) is 0 Å². The molecular formula is C16H22N2O5S. The van der Waals surface area contributed by atoms with Gasteiger partial charge in [0.1, 0.15) is 0 Å². The molecule has 2 saturated heterocycles. The second kappa shape index (κ2) is 6.18. The van der Waals surface area contributed by atoms with E-state index in [0.29, 0.717) is 19.1 Å². The van der Waals surface area contributed by atoms with E-state index in [-0.39, 0.29) is 18.8 Å². The average Bonchev–Trinajstić information content (AvgIpc) is 3.19. The fraction of sp³-hybridized carbons (Fsp3) is 0.625. The van der Waals surface area contributed by atoms with Gasteiger partial charge < -0.3 is 14.2 Å². The van der Waals surface area contributed by atoms with Crippen molar-refractivity contribution >= 4 is 10.0 Å². The van der Waals surface area contributed by atoms with E-state index in [4.69, 9.17) is 14.2 Å². The third-order valence-electron chi connectivity index (χ3n) is 4.97. The number of benzene rings is 1. The molecule has 24 heavy (non-hydrogen) atoms. The van der Waals surface area contributed by atoms with Gasteiger partial charge in [-0.15, -0.1) is 0 Å². The van der Waals surface area contributed by atoms with Crippen LogP contribution in [0.25, 0.3) is 0 Å². The highest BCUT2D eigenvalue weighted by Crippen LogP contribution is 2.36. The van der Waals surface area contributed by atoms with Gasteiger partial charge in [0, 0.05) is 38.0 Å². The predicted molar refractivity (Wildman–Crippen MR) is 87.4 cm³/mol. The molecule has 0 aromatic heterocycles. The SMILES string of the molecule is CS(=O)(=O)NC[C@H]1CO[C@@H]2CN(Cc3ccc4c(c3)OCO4)C[C@H]12. The van der Waals surface area contributed by atoms with E-state index in [0.717, 1.165) is 31.1 Å². The molecule has 3 atom stereocenters. The maximum Gasteiger partial charge on any atom is 0.231 e. The van der Waals surface area contributed by atoms with Crippen LogP contribution in [0, 0.1) is 11.8 Å². The minimum absolute atomic E-state index is 0.199. The summed E-state index contributed by atoms with van der Waals surface area (Å²) in [6, 6.07) is 6.04. The highest BCUT2D eigenvalue weighted by Gasteiger charge is 2.43. The topological polar surface area (TPSA) is 77.1 Å². The minimum Gasteiger partial charge on any atom is -0.454 e. The molecule has 1 N–H and O–H groups in total. The first-order valence-corrected chi connectivity index (χ1v) is 10.0. The van der Waals surface area contributed by atoms with Crippen LogP contribution in [0.2, 0.25) is 0 Å². The lowest BCUT2D eigenvalue weighted by atomic mass is 9.93. The molecule has 8 heteroatoms. The summed E-state index contributed by atoms with van der Waals surface area (Å²) in [5.74, 6) is 2.23. The zero-order valence-corrected chi connectivity index (χ0v) is 14.4. The van der Waals surface area contributed by atoms with Crippen LogP contribution in [0.5, 0.6) is 11.5 Å². The predicted octanol–water partition coefficient (Wildman–Crippen LogP) is 0.411. The van der Waals surface area contributed by atoms with Crippen LogP contribution < -0.4 is 14.2 Å². The van der Waals surface area contributed by atoms with Crippen LogP contribution in [0.4, 0.5) is 0 Å². The van der Waals surface area contributed by atoms with E-state index >= 15 is 0 Å². The lowest BCUT2D eigenvalue weighted by Gasteiger charge is -2.19. The molecule has 132 valence electrons. The highest BCUT2D eigenvalue weighted by molar-refractivity contribution is 7.88. The standard InChI is InChI=1S/C16H22N2O5S/c1-24(19,20)17-5-12-9-21-16-8-18(7-13(12)16)6-11-2-3-14-15(4-11)23-10-22-14/h2-4,12-13,16-17H,5-10H2,1H3/t12-,13+,16+/m0/s1. The Morgan fingerprint density at radius 1 is 1.25 bits per heavy atom. The number of hydrogen-bond acceptors (Lipinski definition) is 6. The van der Waals surface area contributed by atoms with Crippen LogP contribution in [0.15, 0.2) is 18.2 Å². The number of fused-ring (bicyclic) bond motifs is 2. The summed E-state index contributed by atoms with van der Waals surface area (Å²) in [6.07, 6.45) is 1.39. The number of ether oxygens (including phenoxy) is 3. The van der Waals surface area contributed by atoms with Crippen LogP contribution in [0.1, 0.15) is 5.56 Å². The van der Waals surface area contributed by atoms with Gasteiger partial charge in [-0.05, 0) is 17.7 Å². The third kappa shape index (κ3) is 3.37. The van der Waals surface area contributed by atoms with Crippen LogP contribution >= 0.6 is 0 Å². The lowest BCUT2D eigenvalue weighted by Crippen LogP contribution is -2.33. The number of sulfonamides is 1. The Hall–Kier alpha value is -1.35. The summed E-state index contributed by atoms with van der Waals surface area (Å²) in [4.78, 5) is 2.36. The first kappa shape index (κ1) is 16.1. The van der Waals surface area contributed by atoms with Crippen molar-refractivity contribution < 1.29 is 22.6 Å². The van der Waals surface area contributed by atoms with E-state index < -0.39 is 10.0 Å². The van der Waals surface area contributed by atoms with Crippen molar-refractivity contribution in [1.82, 2.24) is 9.62 Å². The summed E-state index contributed by atoms with van der Waals surface area (Å²) < 4.78 is 41.8. The van der Waals surface area contributed by atoms with Crippen molar-refractivity contribution in [2.24, 2.45) is 11.8 Å². The molecule has 4 rings (SSSR count). The molecular weight excluding hydrogens is 332 g/mol. The number of nitrogens with zero attached hydrogens (tertiary/aromatic N) is 1. The quantitative estimate of drug-likeness (QED) is 0.825. The van der Waals surface area contributed by atoms with E-state index in [1.165, 1.54) is 11.8 Å². The van der Waals surface area contributed by atoms with E-state index in [9.17, 15) is 8.42 Å². The monoisotopic (exact) mass is 354 g/mol. The van der Waals surface area contributed by atoms with Gasteiger partial charge in [-0.25, -0.2) is 13.1 Å². The van der Waals surface area contributed by atoms with Crippen molar-refractivity contribution in [2.45, 2.75) is 12.6 Å². The van der Waals surface area contributed by atoms with Gasteiger partial charge in [-0.1, -0.05) is 6.07 Å². The third-order valence-corrected chi connectivity index (χ3v) is 5.66. The number of rotatable bonds is 5. The van der Waals surface area contributed by atoms with Gasteiger partial charge in [-0.2, -0.15) is 0 Å². The number of likely N-dealkylation sites (tertiary alicyclic amines) is 1. The van der Waals surface area contributed by atoms with Gasteiger partial charge in [0.2, 0.25) is 16.8 Å². The molecule has 3 aliphatic rings. The molecule has 0 amide bonds. The Kier molecular flexibility index (Phi) is 4.16. The summed E-state index contributed by atoms with van der Waals surface area (Å²) in [7, 11) is -3.15. The van der Waals surface area contributed by atoms with Crippen molar-refractivity contribution in [2.75, 3.05) is 39.3 Å². The second-order valence-electron chi connectivity index (χ2n) is 6.80. The first-order valence-electron chi connectivity index (χ1n) is 8.15. The Labute approximate surface area is 141 Å². The normalized spacial score (nSPS) is 29.1. The average molecular weight is 354 g/mol. The Morgan fingerprint density at radius 3 is 2.92 bits per heavy atom. The summed E-state index contributed by atoms with van der Waals surface area (Å²) in [6.45, 7) is 4.02. The van der Waals surface area contributed by atoms with Crippen molar-refractivity contribution in [3.05, 3.63) is 23.8 Å². The van der Waals surface area contributed by atoms with Gasteiger partial charge in [-0.3, -0.25) is 4.90 Å². The lowest BCUT2D eigenvalue weighted by molar-refractivity contribution is 0.0942. The zero-order chi connectivity index (χ0) is 16.7. The number of nitrogens with one attached hydrogen (secondary N) is 1. The summed E-state index contributed by atoms with van der Waals surface area (Å²) in [5, 5.41) is 0. The molecule has 0 bridgehead atoms. The molecule has 0 aliphatic carbocycles. The molecule has 0 spiro atoms. The molecule has 1 aromatic rings. The van der Waals surface area contributed by atoms with Crippen LogP contribution in [-0.4, -0.2) is 58.7 Å². The zero-order valence-electron chi connectivity index (χ0n) is 13.6. The molecule has 3 aliphatic heterocycles. The van der Waals surface area contributed by atoms with Crippen molar-refractivity contribution in [3.8, 4) is 11.5 Å². The van der Waals surface area contributed by atoms with Gasteiger partial charge in [0.15, 0.2) is 11.5 Å². The molecule has 0 radical (unpaired) electrons. The van der Waals surface area contributed by atoms with E-state index in [1.807, 2.05) is 12.1 Å². The van der Waals surface area contributed by atoms with Gasteiger partial charge in [0.05, 0.1) is 19.0 Å². The molecule has 7 nitrogen and oxygen atoms in total. The van der Waals surface area contributed by atoms with Crippen molar-refractivity contribution in [3.63, 3.8) is 0 Å². The Bertz CT molecular complexity index is 723. The summed E-state index contributed by atoms with van der Waals surface area (Å²) in [5.41, 5.74) is 1.19. The Balaban J connectivity index is 1.36. The largest absolute Gasteiger partial charge is 0.454 e. The maximum absolute atomic E-state index is 11.3. The molecule has 0 saturated carbocycles. The fourth-order valence-electron chi connectivity index (χ4n) is 3.78. The number of hydrogen-bond donors (Lipinski definition) is 1. The highest BCUT2D eigenvalue weighted by atomic mass is 32.2. The minimum atomic E-state index is -3.15. The molecule has 3 heterocycles. The maximum atomic E-state index is 11.3. The summed E-state index contributed by atoms with van der Waals surface area (Å²) >= 11 is 0. The van der Waals surface area contributed by atoms with Gasteiger partial charge >= 0.3 is 0 Å². The molecule has 2 fully saturated rings. The molecule has 1 aromatic carbocycles. The smallest absolute Gasteiger partial charge is 0.231 e. The van der Waals surface area contributed by atoms with Crippen molar-refractivity contribution in [1.29, 1.82) is 0 Å². The Morgan fingerprint density at radius 2 is 2.08 bits per heavy atom. The van der Waals surface area contributed by atoms with E-state index in [2.05, 4.69) is 15.7 Å². The van der Waals surface area contributed by atoms with Gasteiger partial charge in [0.25, 0.3) is 0 Å². The second-order valence-corrected chi connectivity index (χ2v) is 8.63. The fourth-order valence-corrected chi connectivity index (χ4v) is 4.29. The first-order chi connectivity index (χ1) is 11.5. The molecule has 0 unspecified atom stereocenters.